The molecule has 0 fully saturated rings. The quantitative estimate of drug-likeness (QED) is 0.172. The average Bonchev–Trinajstić information content (AvgIpc) is 2.58. The Morgan fingerprint density at radius 2 is 1.81 bits per heavy atom. The van der Waals surface area contributed by atoms with Gasteiger partial charge in [-0.05, 0) is 20.8 Å². The molecule has 0 aromatic heterocycles. The standard InChI is InChI=1S/C19H27NO6/c1-6-9-15(14-20-5)18(23)25-13-8-12-24-17(22)11-10-16(21)19(3,4)26-7-2/h1,9,14H,7-8,10-13H2,2-5H3/b15-9+,20-14?. The highest BCUT2D eigenvalue weighted by atomic mass is 16.5. The summed E-state index contributed by atoms with van der Waals surface area (Å²) in [5, 5.41) is 0. The van der Waals surface area contributed by atoms with Crippen molar-refractivity contribution < 1.29 is 28.6 Å². The topological polar surface area (TPSA) is 91.3 Å². The number of terminal acetylenes is 1. The highest BCUT2D eigenvalue weighted by molar-refractivity contribution is 6.09. The van der Waals surface area contributed by atoms with E-state index in [2.05, 4.69) is 10.9 Å². The molecule has 0 heterocycles. The first-order valence-electron chi connectivity index (χ1n) is 8.37. The summed E-state index contributed by atoms with van der Waals surface area (Å²) >= 11 is 0. The number of esters is 2. The Labute approximate surface area is 154 Å². The molecule has 0 N–H and O–H groups in total. The lowest BCUT2D eigenvalue weighted by Gasteiger charge is -2.22. The van der Waals surface area contributed by atoms with Gasteiger partial charge in [-0.3, -0.25) is 14.6 Å². The van der Waals surface area contributed by atoms with Crippen LogP contribution in [0.15, 0.2) is 16.6 Å². The van der Waals surface area contributed by atoms with Crippen molar-refractivity contribution in [1.29, 1.82) is 0 Å². The van der Waals surface area contributed by atoms with Crippen molar-refractivity contribution in [2.24, 2.45) is 4.99 Å². The zero-order valence-corrected chi connectivity index (χ0v) is 15.9. The highest BCUT2D eigenvalue weighted by Crippen LogP contribution is 2.14. The third kappa shape index (κ3) is 9.74. The predicted octanol–water partition coefficient (Wildman–Crippen LogP) is 1.89. The first-order chi connectivity index (χ1) is 12.3. The Kier molecular flexibility index (Phi) is 11.6. The molecule has 0 aromatic carbocycles. The lowest BCUT2D eigenvalue weighted by molar-refractivity contribution is -0.148. The van der Waals surface area contributed by atoms with Crippen molar-refractivity contribution in [3.8, 4) is 12.3 Å². The van der Waals surface area contributed by atoms with Crippen LogP contribution in [0.1, 0.15) is 40.0 Å². The van der Waals surface area contributed by atoms with Gasteiger partial charge in [0.05, 0.1) is 25.2 Å². The number of nitrogens with zero attached hydrogens (tertiary/aromatic N) is 1. The van der Waals surface area contributed by atoms with Gasteiger partial charge in [0.25, 0.3) is 0 Å². The van der Waals surface area contributed by atoms with Gasteiger partial charge in [-0.2, -0.15) is 0 Å². The second-order valence-electron chi connectivity index (χ2n) is 5.73. The molecule has 0 bridgehead atoms. The zero-order valence-electron chi connectivity index (χ0n) is 15.9. The Balaban J connectivity index is 4.03. The van der Waals surface area contributed by atoms with Gasteiger partial charge in [0.15, 0.2) is 5.78 Å². The summed E-state index contributed by atoms with van der Waals surface area (Å²) in [7, 11) is 1.51. The minimum Gasteiger partial charge on any atom is -0.466 e. The fraction of sp³-hybridized carbons (Fsp3) is 0.579. The molecular weight excluding hydrogens is 338 g/mol. The molecule has 0 aliphatic rings. The molecule has 0 atom stereocenters. The van der Waals surface area contributed by atoms with Crippen molar-refractivity contribution in [3.05, 3.63) is 11.6 Å². The first kappa shape index (κ1) is 23.5. The van der Waals surface area contributed by atoms with Crippen LogP contribution in [0.2, 0.25) is 0 Å². The van der Waals surface area contributed by atoms with E-state index in [-0.39, 0.29) is 37.4 Å². The van der Waals surface area contributed by atoms with Crippen LogP contribution in [-0.4, -0.2) is 56.4 Å². The summed E-state index contributed by atoms with van der Waals surface area (Å²) in [5.74, 6) is 0.998. The zero-order chi connectivity index (χ0) is 20.0. The summed E-state index contributed by atoms with van der Waals surface area (Å²) < 4.78 is 15.3. The summed E-state index contributed by atoms with van der Waals surface area (Å²) in [5.41, 5.74) is -0.739. The van der Waals surface area contributed by atoms with Crippen LogP contribution in [-0.2, 0) is 28.6 Å². The Morgan fingerprint density at radius 1 is 1.15 bits per heavy atom. The number of ether oxygens (including phenoxy) is 3. The van der Waals surface area contributed by atoms with E-state index in [4.69, 9.17) is 20.6 Å². The molecule has 26 heavy (non-hydrogen) atoms. The number of hydrogen-bond acceptors (Lipinski definition) is 7. The van der Waals surface area contributed by atoms with Crippen LogP contribution in [0.5, 0.6) is 0 Å². The number of allylic oxidation sites excluding steroid dienone is 1. The van der Waals surface area contributed by atoms with Crippen molar-refractivity contribution in [2.75, 3.05) is 26.9 Å². The minimum absolute atomic E-state index is 0.0167. The molecule has 0 spiro atoms. The number of Topliss-reactive ketones (excluding diaryl/α,β-unsaturated/α-hetero) is 1. The van der Waals surface area contributed by atoms with Gasteiger partial charge in [-0.25, -0.2) is 4.79 Å². The van der Waals surface area contributed by atoms with Crippen LogP contribution in [0.25, 0.3) is 0 Å². The van der Waals surface area contributed by atoms with Crippen molar-refractivity contribution in [1.82, 2.24) is 0 Å². The van der Waals surface area contributed by atoms with E-state index in [0.717, 1.165) is 0 Å². The Hall–Kier alpha value is -2.46. The molecule has 0 aliphatic carbocycles. The van der Waals surface area contributed by atoms with Crippen LogP contribution in [0.4, 0.5) is 0 Å². The average molecular weight is 365 g/mol. The molecule has 0 amide bonds. The summed E-state index contributed by atoms with van der Waals surface area (Å²) in [6.45, 7) is 5.73. The Morgan fingerprint density at radius 3 is 2.38 bits per heavy atom. The maximum absolute atomic E-state index is 12.0. The largest absolute Gasteiger partial charge is 0.466 e. The molecule has 0 aromatic rings. The monoisotopic (exact) mass is 365 g/mol. The number of aliphatic imine (C=N–C) groups is 1. The van der Waals surface area contributed by atoms with Crippen molar-refractivity contribution in [3.63, 3.8) is 0 Å². The van der Waals surface area contributed by atoms with Gasteiger partial charge < -0.3 is 14.2 Å². The van der Waals surface area contributed by atoms with Crippen molar-refractivity contribution in [2.45, 2.75) is 45.6 Å². The van der Waals surface area contributed by atoms with Gasteiger partial charge in [0.1, 0.15) is 5.60 Å². The van der Waals surface area contributed by atoms with Gasteiger partial charge in [0, 0.05) is 38.8 Å². The number of carbonyl (C=O) groups excluding carboxylic acids is 3. The number of rotatable bonds is 12. The molecule has 0 saturated carbocycles. The third-order valence-corrected chi connectivity index (χ3v) is 3.26. The van der Waals surface area contributed by atoms with E-state index in [1.165, 1.54) is 19.3 Å². The summed E-state index contributed by atoms with van der Waals surface area (Å²) in [4.78, 5) is 39.0. The van der Waals surface area contributed by atoms with Gasteiger partial charge >= 0.3 is 11.9 Å². The molecule has 0 aliphatic heterocycles. The van der Waals surface area contributed by atoms with Crippen molar-refractivity contribution >= 4 is 23.9 Å². The molecular formula is C19H27NO6. The lowest BCUT2D eigenvalue weighted by Crippen LogP contribution is -2.35. The van der Waals surface area contributed by atoms with Crippen LogP contribution in [0.3, 0.4) is 0 Å². The van der Waals surface area contributed by atoms with E-state index >= 15 is 0 Å². The van der Waals surface area contributed by atoms with Gasteiger partial charge in [-0.15, -0.1) is 6.42 Å². The minimum atomic E-state index is -0.908. The predicted molar refractivity (Wildman–Crippen MR) is 97.8 cm³/mol. The normalized spacial score (nSPS) is 11.9. The smallest absolute Gasteiger partial charge is 0.340 e. The van der Waals surface area contributed by atoms with E-state index < -0.39 is 17.5 Å². The van der Waals surface area contributed by atoms with E-state index in [0.29, 0.717) is 13.0 Å². The third-order valence-electron chi connectivity index (χ3n) is 3.26. The fourth-order valence-corrected chi connectivity index (χ4v) is 1.90. The second kappa shape index (κ2) is 12.8. The fourth-order valence-electron chi connectivity index (χ4n) is 1.90. The summed E-state index contributed by atoms with van der Waals surface area (Å²) in [6.07, 6.45) is 8.06. The van der Waals surface area contributed by atoms with Crippen LogP contribution < -0.4 is 0 Å². The van der Waals surface area contributed by atoms with Crippen LogP contribution >= 0.6 is 0 Å². The SMILES string of the molecule is C#C/C=C(\C=NC)C(=O)OCCCOC(=O)CCC(=O)C(C)(C)OCC. The van der Waals surface area contributed by atoms with Gasteiger partial charge in [-0.1, -0.05) is 5.92 Å². The second-order valence-corrected chi connectivity index (χ2v) is 5.73. The molecule has 0 unspecified atom stereocenters. The van der Waals surface area contributed by atoms with Crippen LogP contribution in [0, 0.1) is 12.3 Å². The number of hydrogen-bond donors (Lipinski definition) is 0. The lowest BCUT2D eigenvalue weighted by atomic mass is 9.99. The van der Waals surface area contributed by atoms with E-state index in [1.807, 2.05) is 0 Å². The number of ketones is 1. The first-order valence-corrected chi connectivity index (χ1v) is 8.37. The molecule has 0 radical (unpaired) electrons. The molecule has 0 saturated heterocycles. The molecule has 144 valence electrons. The van der Waals surface area contributed by atoms with E-state index in [9.17, 15) is 14.4 Å². The maximum Gasteiger partial charge on any atom is 0.340 e. The number of carbonyl (C=O) groups is 3. The summed E-state index contributed by atoms with van der Waals surface area (Å²) in [6, 6.07) is 0. The molecule has 0 rings (SSSR count). The van der Waals surface area contributed by atoms with E-state index in [1.54, 1.807) is 20.8 Å². The highest BCUT2D eigenvalue weighted by Gasteiger charge is 2.27. The molecule has 7 heteroatoms. The maximum atomic E-state index is 12.0. The van der Waals surface area contributed by atoms with Gasteiger partial charge in [0.2, 0.25) is 0 Å². The molecule has 7 nitrogen and oxygen atoms in total. The Bertz CT molecular complexity index is 583.